The molecule has 0 saturated heterocycles. The fourth-order valence-electron chi connectivity index (χ4n) is 1.69. The second-order valence-electron chi connectivity index (χ2n) is 4.16. The Morgan fingerprint density at radius 3 is 2.67 bits per heavy atom. The lowest BCUT2D eigenvalue weighted by Crippen LogP contribution is -2.24. The fraction of sp³-hybridized carbons (Fsp3) is 0.0714. The van der Waals surface area contributed by atoms with Gasteiger partial charge in [-0.15, -0.1) is 0 Å². The molecule has 106 valence electrons. The van der Waals surface area contributed by atoms with Gasteiger partial charge in [0.15, 0.2) is 11.6 Å². The highest BCUT2D eigenvalue weighted by atomic mass is 19.1. The standard InChI is InChI=1S/C14H12FN5O/c15-12-11(5-6-18-13(12)20-17)14(21)19-8-10-3-1-9(7-16)2-4-10/h1-6H,8,17H2,(H,18,20)(H,19,21). The van der Waals surface area contributed by atoms with Crippen LogP contribution in [0.25, 0.3) is 0 Å². The van der Waals surface area contributed by atoms with Crippen LogP contribution in [-0.4, -0.2) is 10.9 Å². The van der Waals surface area contributed by atoms with Gasteiger partial charge in [-0.25, -0.2) is 15.2 Å². The molecule has 0 aliphatic carbocycles. The number of nitrogens with one attached hydrogen (secondary N) is 2. The number of hydrazine groups is 1. The third-order valence-electron chi connectivity index (χ3n) is 2.81. The zero-order valence-electron chi connectivity index (χ0n) is 10.9. The van der Waals surface area contributed by atoms with Gasteiger partial charge in [0.05, 0.1) is 17.2 Å². The van der Waals surface area contributed by atoms with Crippen molar-refractivity contribution in [1.82, 2.24) is 10.3 Å². The highest BCUT2D eigenvalue weighted by molar-refractivity contribution is 5.95. The third kappa shape index (κ3) is 3.32. The molecular formula is C14H12FN5O. The van der Waals surface area contributed by atoms with Crippen molar-refractivity contribution in [2.24, 2.45) is 5.84 Å². The number of benzene rings is 1. The number of aromatic nitrogens is 1. The van der Waals surface area contributed by atoms with E-state index in [1.807, 2.05) is 6.07 Å². The predicted octanol–water partition coefficient (Wildman–Crippen LogP) is 1.31. The summed E-state index contributed by atoms with van der Waals surface area (Å²) in [7, 11) is 0. The van der Waals surface area contributed by atoms with Crippen LogP contribution in [0.2, 0.25) is 0 Å². The molecule has 1 heterocycles. The van der Waals surface area contributed by atoms with Crippen molar-refractivity contribution in [2.75, 3.05) is 5.43 Å². The first-order valence-corrected chi connectivity index (χ1v) is 6.04. The number of rotatable bonds is 4. The van der Waals surface area contributed by atoms with Crippen molar-refractivity contribution in [3.8, 4) is 6.07 Å². The summed E-state index contributed by atoms with van der Waals surface area (Å²) in [6.07, 6.45) is 1.29. The summed E-state index contributed by atoms with van der Waals surface area (Å²) in [4.78, 5) is 15.6. The number of nitrogen functional groups attached to an aromatic ring is 1. The number of amides is 1. The number of nitrogens with zero attached hydrogens (tertiary/aromatic N) is 2. The van der Waals surface area contributed by atoms with Crippen LogP contribution >= 0.6 is 0 Å². The number of carbonyl (C=O) groups is 1. The molecule has 0 radical (unpaired) electrons. The number of hydrogen-bond acceptors (Lipinski definition) is 5. The van der Waals surface area contributed by atoms with Gasteiger partial charge in [0.25, 0.3) is 5.91 Å². The number of carbonyl (C=O) groups excluding carboxylic acids is 1. The molecule has 0 fully saturated rings. The number of hydrogen-bond donors (Lipinski definition) is 3. The highest BCUT2D eigenvalue weighted by Gasteiger charge is 2.15. The monoisotopic (exact) mass is 285 g/mol. The zero-order valence-corrected chi connectivity index (χ0v) is 10.9. The SMILES string of the molecule is N#Cc1ccc(CNC(=O)c2ccnc(NN)c2F)cc1. The van der Waals surface area contributed by atoms with Gasteiger partial charge in [0.1, 0.15) is 0 Å². The number of halogens is 1. The average Bonchev–Trinajstić information content (AvgIpc) is 2.53. The van der Waals surface area contributed by atoms with E-state index < -0.39 is 11.7 Å². The molecule has 21 heavy (non-hydrogen) atoms. The van der Waals surface area contributed by atoms with Crippen LogP contribution in [0.3, 0.4) is 0 Å². The van der Waals surface area contributed by atoms with E-state index in [1.54, 1.807) is 24.3 Å². The molecule has 4 N–H and O–H groups in total. The van der Waals surface area contributed by atoms with E-state index in [-0.39, 0.29) is 17.9 Å². The second kappa shape index (κ2) is 6.45. The Kier molecular flexibility index (Phi) is 4.43. The Hall–Kier alpha value is -2.98. The second-order valence-corrected chi connectivity index (χ2v) is 4.16. The van der Waals surface area contributed by atoms with Gasteiger partial charge in [-0.05, 0) is 23.8 Å². The van der Waals surface area contributed by atoms with E-state index in [0.717, 1.165) is 5.56 Å². The molecule has 0 saturated carbocycles. The van der Waals surface area contributed by atoms with E-state index in [1.165, 1.54) is 12.3 Å². The molecule has 0 atom stereocenters. The van der Waals surface area contributed by atoms with Crippen LogP contribution in [-0.2, 0) is 6.54 Å². The van der Waals surface area contributed by atoms with Crippen LogP contribution in [0.15, 0.2) is 36.5 Å². The molecule has 0 spiro atoms. The topological polar surface area (TPSA) is 104 Å². The number of nitriles is 1. The molecule has 0 unspecified atom stereocenters. The van der Waals surface area contributed by atoms with Gasteiger partial charge in [0, 0.05) is 12.7 Å². The molecule has 2 aromatic rings. The Morgan fingerprint density at radius 1 is 1.33 bits per heavy atom. The van der Waals surface area contributed by atoms with Crippen LogP contribution in [0.5, 0.6) is 0 Å². The summed E-state index contributed by atoms with van der Waals surface area (Å²) < 4.78 is 13.8. The smallest absolute Gasteiger partial charge is 0.254 e. The van der Waals surface area contributed by atoms with E-state index in [0.29, 0.717) is 5.56 Å². The lowest BCUT2D eigenvalue weighted by Gasteiger charge is -2.08. The summed E-state index contributed by atoms with van der Waals surface area (Å²) in [6, 6.07) is 9.99. The molecule has 0 aliphatic heterocycles. The molecule has 1 aromatic heterocycles. The van der Waals surface area contributed by atoms with Crippen molar-refractivity contribution < 1.29 is 9.18 Å². The maximum atomic E-state index is 13.8. The Labute approximate surface area is 120 Å². The van der Waals surface area contributed by atoms with Crippen LogP contribution in [0, 0.1) is 17.1 Å². The number of nitrogens with two attached hydrogens (primary N) is 1. The summed E-state index contributed by atoms with van der Waals surface area (Å²) in [5.74, 6) is 3.53. The lowest BCUT2D eigenvalue weighted by atomic mass is 10.1. The normalized spacial score (nSPS) is 9.76. The third-order valence-corrected chi connectivity index (χ3v) is 2.81. The van der Waals surface area contributed by atoms with Gasteiger partial charge in [0.2, 0.25) is 0 Å². The first-order valence-electron chi connectivity index (χ1n) is 6.04. The first kappa shape index (κ1) is 14.4. The van der Waals surface area contributed by atoms with E-state index in [4.69, 9.17) is 11.1 Å². The molecule has 2 rings (SSSR count). The zero-order chi connectivity index (χ0) is 15.2. The summed E-state index contributed by atoms with van der Waals surface area (Å²) in [5.41, 5.74) is 3.26. The number of pyridine rings is 1. The minimum atomic E-state index is -0.808. The molecule has 1 amide bonds. The maximum absolute atomic E-state index is 13.8. The van der Waals surface area contributed by atoms with Gasteiger partial charge >= 0.3 is 0 Å². The van der Waals surface area contributed by atoms with Gasteiger partial charge in [-0.1, -0.05) is 12.1 Å². The van der Waals surface area contributed by atoms with E-state index >= 15 is 0 Å². The largest absolute Gasteiger partial charge is 0.348 e. The molecular weight excluding hydrogens is 273 g/mol. The molecule has 7 heteroatoms. The first-order chi connectivity index (χ1) is 10.2. The summed E-state index contributed by atoms with van der Waals surface area (Å²) >= 11 is 0. The highest BCUT2D eigenvalue weighted by Crippen LogP contribution is 2.14. The minimum Gasteiger partial charge on any atom is -0.348 e. The van der Waals surface area contributed by atoms with Crippen LogP contribution in [0.1, 0.15) is 21.5 Å². The Bertz CT molecular complexity index is 694. The average molecular weight is 285 g/mol. The van der Waals surface area contributed by atoms with Crippen molar-refractivity contribution >= 4 is 11.7 Å². The quantitative estimate of drug-likeness (QED) is 0.580. The lowest BCUT2D eigenvalue weighted by molar-refractivity contribution is 0.0947. The van der Waals surface area contributed by atoms with Crippen molar-refractivity contribution in [3.05, 3.63) is 59.0 Å². The Balaban J connectivity index is 2.06. The summed E-state index contributed by atoms with van der Waals surface area (Å²) in [6.45, 7) is 0.220. The van der Waals surface area contributed by atoms with Crippen LogP contribution < -0.4 is 16.6 Å². The molecule has 0 bridgehead atoms. The van der Waals surface area contributed by atoms with Crippen molar-refractivity contribution in [1.29, 1.82) is 5.26 Å². The minimum absolute atomic E-state index is 0.147. The van der Waals surface area contributed by atoms with E-state index in [9.17, 15) is 9.18 Å². The fourth-order valence-corrected chi connectivity index (χ4v) is 1.69. The van der Waals surface area contributed by atoms with E-state index in [2.05, 4.69) is 15.7 Å². The molecule has 1 aromatic carbocycles. The number of anilines is 1. The predicted molar refractivity (Wildman–Crippen MR) is 74.3 cm³/mol. The summed E-state index contributed by atoms with van der Waals surface area (Å²) in [5, 5.41) is 11.3. The van der Waals surface area contributed by atoms with Gasteiger partial charge < -0.3 is 10.7 Å². The van der Waals surface area contributed by atoms with Crippen molar-refractivity contribution in [3.63, 3.8) is 0 Å². The maximum Gasteiger partial charge on any atom is 0.254 e. The molecule has 6 nitrogen and oxygen atoms in total. The van der Waals surface area contributed by atoms with Gasteiger partial charge in [-0.3, -0.25) is 4.79 Å². The van der Waals surface area contributed by atoms with Crippen molar-refractivity contribution in [2.45, 2.75) is 6.54 Å². The van der Waals surface area contributed by atoms with Crippen LogP contribution in [0.4, 0.5) is 10.2 Å². The van der Waals surface area contributed by atoms with Gasteiger partial charge in [-0.2, -0.15) is 5.26 Å². The Morgan fingerprint density at radius 2 is 2.05 bits per heavy atom. The molecule has 0 aliphatic rings.